The van der Waals surface area contributed by atoms with Crippen molar-refractivity contribution in [3.05, 3.63) is 0 Å². The second-order valence-electron chi connectivity index (χ2n) is 6.80. The zero-order valence-electron chi connectivity index (χ0n) is 12.7. The molecule has 0 aromatic heterocycles. The number of rotatable bonds is 5. The molecule has 2 fully saturated rings. The maximum Gasteiger partial charge on any atom is 0.307 e. The van der Waals surface area contributed by atoms with Gasteiger partial charge in [-0.15, -0.1) is 0 Å². The Balaban J connectivity index is 2.10. The smallest absolute Gasteiger partial charge is 0.307 e. The van der Waals surface area contributed by atoms with Crippen LogP contribution in [0.25, 0.3) is 0 Å². The van der Waals surface area contributed by atoms with E-state index in [0.29, 0.717) is 18.4 Å². The molecule has 0 aliphatic heterocycles. The van der Waals surface area contributed by atoms with Crippen molar-refractivity contribution in [3.8, 4) is 0 Å². The van der Waals surface area contributed by atoms with Crippen molar-refractivity contribution in [2.75, 3.05) is 6.54 Å². The maximum absolute atomic E-state index is 12.8. The minimum absolute atomic E-state index is 0.107. The Morgan fingerprint density at radius 3 is 2.20 bits per heavy atom. The predicted molar refractivity (Wildman–Crippen MR) is 77.3 cm³/mol. The standard InChI is InChI=1S/C16H27NO3/c1-11(2)10-17(12-6-3-4-7-12)15(18)13-8-5-9-14(13)16(19)20/h11-14H,3-10H2,1-2H3,(H,19,20)/t13-,14+/m1/s1. The summed E-state index contributed by atoms with van der Waals surface area (Å²) in [4.78, 5) is 26.2. The van der Waals surface area contributed by atoms with Gasteiger partial charge in [-0.25, -0.2) is 0 Å². The highest BCUT2D eigenvalue weighted by Gasteiger charge is 2.41. The highest BCUT2D eigenvalue weighted by molar-refractivity contribution is 5.85. The Morgan fingerprint density at radius 2 is 1.65 bits per heavy atom. The number of aliphatic carboxylic acids is 1. The van der Waals surface area contributed by atoms with Crippen LogP contribution in [-0.2, 0) is 9.59 Å². The average molecular weight is 281 g/mol. The van der Waals surface area contributed by atoms with Gasteiger partial charge in [-0.2, -0.15) is 0 Å². The first-order chi connectivity index (χ1) is 9.50. The minimum Gasteiger partial charge on any atom is -0.481 e. The van der Waals surface area contributed by atoms with Gasteiger partial charge in [-0.1, -0.05) is 33.1 Å². The summed E-state index contributed by atoms with van der Waals surface area (Å²) in [5, 5.41) is 9.29. The Kier molecular flexibility index (Phi) is 5.06. The zero-order chi connectivity index (χ0) is 14.7. The van der Waals surface area contributed by atoms with Gasteiger partial charge in [-0.05, 0) is 31.6 Å². The topological polar surface area (TPSA) is 57.6 Å². The summed E-state index contributed by atoms with van der Waals surface area (Å²) < 4.78 is 0. The second-order valence-corrected chi connectivity index (χ2v) is 6.80. The van der Waals surface area contributed by atoms with Gasteiger partial charge in [0.25, 0.3) is 0 Å². The molecule has 0 spiro atoms. The van der Waals surface area contributed by atoms with Crippen LogP contribution in [0.3, 0.4) is 0 Å². The molecule has 0 aromatic rings. The summed E-state index contributed by atoms with van der Waals surface area (Å²) in [5.41, 5.74) is 0. The van der Waals surface area contributed by atoms with E-state index in [9.17, 15) is 14.7 Å². The molecule has 2 rings (SSSR count). The van der Waals surface area contributed by atoms with Crippen LogP contribution in [0.1, 0.15) is 58.8 Å². The number of hydrogen-bond donors (Lipinski definition) is 1. The molecule has 0 aromatic carbocycles. The molecule has 2 atom stereocenters. The van der Waals surface area contributed by atoms with Gasteiger partial charge in [0, 0.05) is 12.6 Å². The highest BCUT2D eigenvalue weighted by Crippen LogP contribution is 2.35. The van der Waals surface area contributed by atoms with Crippen molar-refractivity contribution < 1.29 is 14.7 Å². The van der Waals surface area contributed by atoms with Crippen molar-refractivity contribution in [3.63, 3.8) is 0 Å². The lowest BCUT2D eigenvalue weighted by Gasteiger charge is -2.33. The second kappa shape index (κ2) is 6.59. The van der Waals surface area contributed by atoms with Crippen LogP contribution in [0.2, 0.25) is 0 Å². The maximum atomic E-state index is 12.8. The Hall–Kier alpha value is -1.06. The first-order valence-corrected chi connectivity index (χ1v) is 8.04. The number of carboxylic acid groups (broad SMARTS) is 1. The van der Waals surface area contributed by atoms with Crippen molar-refractivity contribution >= 4 is 11.9 Å². The van der Waals surface area contributed by atoms with E-state index in [-0.39, 0.29) is 11.8 Å². The number of hydrogen-bond acceptors (Lipinski definition) is 2. The van der Waals surface area contributed by atoms with Gasteiger partial charge in [-0.3, -0.25) is 9.59 Å². The molecule has 4 heteroatoms. The molecule has 4 nitrogen and oxygen atoms in total. The molecule has 0 radical (unpaired) electrons. The van der Waals surface area contributed by atoms with Crippen LogP contribution in [0.15, 0.2) is 0 Å². The summed E-state index contributed by atoms with van der Waals surface area (Å²) >= 11 is 0. The molecule has 2 saturated carbocycles. The van der Waals surface area contributed by atoms with Gasteiger partial charge in [0.2, 0.25) is 5.91 Å². The zero-order valence-corrected chi connectivity index (χ0v) is 12.7. The first-order valence-electron chi connectivity index (χ1n) is 8.04. The summed E-state index contributed by atoms with van der Waals surface area (Å²) in [7, 11) is 0. The normalized spacial score (nSPS) is 27.1. The quantitative estimate of drug-likeness (QED) is 0.843. The van der Waals surface area contributed by atoms with E-state index in [4.69, 9.17) is 0 Å². The van der Waals surface area contributed by atoms with E-state index in [0.717, 1.165) is 32.2 Å². The van der Waals surface area contributed by atoms with E-state index in [1.54, 1.807) is 0 Å². The van der Waals surface area contributed by atoms with Gasteiger partial charge >= 0.3 is 5.97 Å². The van der Waals surface area contributed by atoms with Crippen molar-refractivity contribution in [2.45, 2.75) is 64.8 Å². The summed E-state index contributed by atoms with van der Waals surface area (Å²) in [6.45, 7) is 5.02. The fourth-order valence-corrected chi connectivity index (χ4v) is 3.79. The van der Waals surface area contributed by atoms with Crippen molar-refractivity contribution in [2.24, 2.45) is 17.8 Å². The summed E-state index contributed by atoms with van der Waals surface area (Å²) in [6, 6.07) is 0.347. The molecule has 1 N–H and O–H groups in total. The Morgan fingerprint density at radius 1 is 1.05 bits per heavy atom. The molecule has 2 aliphatic carbocycles. The van der Waals surface area contributed by atoms with Crippen LogP contribution < -0.4 is 0 Å². The fraction of sp³-hybridized carbons (Fsp3) is 0.875. The summed E-state index contributed by atoms with van der Waals surface area (Å²) in [6.07, 6.45) is 6.83. The molecule has 0 heterocycles. The van der Waals surface area contributed by atoms with Crippen LogP contribution >= 0.6 is 0 Å². The van der Waals surface area contributed by atoms with Gasteiger partial charge in [0.15, 0.2) is 0 Å². The monoisotopic (exact) mass is 281 g/mol. The number of carbonyl (C=O) groups is 2. The fourth-order valence-electron chi connectivity index (χ4n) is 3.79. The van der Waals surface area contributed by atoms with Crippen LogP contribution in [-0.4, -0.2) is 34.5 Å². The lowest BCUT2D eigenvalue weighted by molar-refractivity contribution is -0.150. The highest BCUT2D eigenvalue weighted by atomic mass is 16.4. The number of amides is 1. The molecular weight excluding hydrogens is 254 g/mol. The average Bonchev–Trinajstić information content (AvgIpc) is 3.05. The molecule has 114 valence electrons. The molecule has 0 saturated heterocycles. The van der Waals surface area contributed by atoms with E-state index < -0.39 is 11.9 Å². The lowest BCUT2D eigenvalue weighted by atomic mass is 9.93. The SMILES string of the molecule is CC(C)CN(C(=O)[C@@H]1CCC[C@@H]1C(=O)O)C1CCCC1. The minimum atomic E-state index is -0.795. The van der Waals surface area contributed by atoms with Crippen molar-refractivity contribution in [1.82, 2.24) is 4.90 Å². The van der Waals surface area contributed by atoms with E-state index in [2.05, 4.69) is 13.8 Å². The number of carbonyl (C=O) groups excluding carboxylic acids is 1. The third-order valence-electron chi connectivity index (χ3n) is 4.76. The van der Waals surface area contributed by atoms with Gasteiger partial charge in [0.05, 0.1) is 11.8 Å². The number of nitrogens with zero attached hydrogens (tertiary/aromatic N) is 1. The van der Waals surface area contributed by atoms with E-state index >= 15 is 0 Å². The molecule has 0 bridgehead atoms. The predicted octanol–water partition coefficient (Wildman–Crippen LogP) is 2.91. The Labute approximate surface area is 121 Å². The van der Waals surface area contributed by atoms with Gasteiger partial charge < -0.3 is 10.0 Å². The van der Waals surface area contributed by atoms with Crippen molar-refractivity contribution in [1.29, 1.82) is 0 Å². The van der Waals surface area contributed by atoms with E-state index in [1.807, 2.05) is 4.90 Å². The number of carboxylic acids is 1. The Bertz CT molecular complexity index is 361. The van der Waals surface area contributed by atoms with Gasteiger partial charge in [0.1, 0.15) is 0 Å². The van der Waals surface area contributed by atoms with Crippen LogP contribution in [0, 0.1) is 17.8 Å². The third kappa shape index (κ3) is 3.33. The first kappa shape index (κ1) is 15.3. The third-order valence-corrected chi connectivity index (χ3v) is 4.76. The van der Waals surface area contributed by atoms with E-state index in [1.165, 1.54) is 12.8 Å². The lowest BCUT2D eigenvalue weighted by Crippen LogP contribution is -2.46. The molecule has 2 aliphatic rings. The molecule has 0 unspecified atom stereocenters. The van der Waals surface area contributed by atoms with Crippen LogP contribution in [0.5, 0.6) is 0 Å². The largest absolute Gasteiger partial charge is 0.481 e. The van der Waals surface area contributed by atoms with Crippen LogP contribution in [0.4, 0.5) is 0 Å². The summed E-state index contributed by atoms with van der Waals surface area (Å²) in [5.74, 6) is -0.998. The molecular formula is C16H27NO3. The molecule has 1 amide bonds. The molecule has 20 heavy (non-hydrogen) atoms.